The Morgan fingerprint density at radius 2 is 1.75 bits per heavy atom. The van der Waals surface area contributed by atoms with Crippen LogP contribution in [0, 0.1) is 5.92 Å². The van der Waals surface area contributed by atoms with E-state index in [-0.39, 0.29) is 17.6 Å². The Hall–Kier alpha value is -1.36. The van der Waals surface area contributed by atoms with Crippen LogP contribution in [0.15, 0.2) is 30.3 Å². The van der Waals surface area contributed by atoms with Crippen molar-refractivity contribution in [3.63, 3.8) is 0 Å². The van der Waals surface area contributed by atoms with E-state index in [0.29, 0.717) is 19.5 Å². The molecule has 1 atom stereocenters. The molecule has 2 fully saturated rings. The van der Waals surface area contributed by atoms with E-state index in [9.17, 15) is 13.2 Å². The lowest BCUT2D eigenvalue weighted by molar-refractivity contribution is -0.132. The first-order valence-corrected chi connectivity index (χ1v) is 8.85. The van der Waals surface area contributed by atoms with Gasteiger partial charge < -0.3 is 4.90 Å². The molecule has 1 aliphatic carbocycles. The number of nitrogens with zero attached hydrogens (tertiary/aromatic N) is 1. The predicted molar refractivity (Wildman–Crippen MR) is 76.9 cm³/mol. The summed E-state index contributed by atoms with van der Waals surface area (Å²) in [6.45, 7) is 0.898. The molecule has 5 heteroatoms. The Kier molecular flexibility index (Phi) is 3.54. The van der Waals surface area contributed by atoms with E-state index in [1.54, 1.807) is 4.90 Å². The second-order valence-electron chi connectivity index (χ2n) is 5.65. The molecule has 0 N–H and O–H groups in total. The summed E-state index contributed by atoms with van der Waals surface area (Å²) in [5.74, 6) is 0.380. The topological polar surface area (TPSA) is 54.5 Å². The van der Waals surface area contributed by atoms with E-state index in [0.717, 1.165) is 18.4 Å². The molecule has 20 heavy (non-hydrogen) atoms. The minimum Gasteiger partial charge on any atom is -0.341 e. The zero-order chi connectivity index (χ0) is 14.2. The predicted octanol–water partition coefficient (Wildman–Crippen LogP) is 1.78. The Labute approximate surface area is 119 Å². The summed E-state index contributed by atoms with van der Waals surface area (Å²) in [6, 6.07) is 9.34. The molecule has 0 unspecified atom stereocenters. The summed E-state index contributed by atoms with van der Waals surface area (Å²) in [7, 11) is -3.18. The zero-order valence-electron chi connectivity index (χ0n) is 11.4. The number of amides is 1. The zero-order valence-corrected chi connectivity index (χ0v) is 12.2. The lowest BCUT2D eigenvalue weighted by atomic mass is 10.1. The Morgan fingerprint density at radius 3 is 2.40 bits per heavy atom. The molecule has 1 amide bonds. The molecule has 0 radical (unpaired) electrons. The monoisotopic (exact) mass is 293 g/mol. The van der Waals surface area contributed by atoms with Crippen molar-refractivity contribution >= 4 is 15.7 Å². The fraction of sp³-hybridized carbons (Fsp3) is 0.533. The Morgan fingerprint density at radius 1 is 1.05 bits per heavy atom. The lowest BCUT2D eigenvalue weighted by Gasteiger charge is -2.19. The molecule has 1 saturated heterocycles. The normalized spacial score (nSPS) is 26.0. The molecule has 1 aromatic carbocycles. The maximum Gasteiger partial charge on any atom is 0.225 e. The largest absolute Gasteiger partial charge is 0.341 e. The molecule has 0 spiro atoms. The van der Waals surface area contributed by atoms with Crippen molar-refractivity contribution in [3.05, 3.63) is 35.9 Å². The van der Waals surface area contributed by atoms with Gasteiger partial charge in [0.1, 0.15) is 0 Å². The maximum absolute atomic E-state index is 12.4. The number of sulfone groups is 1. The van der Waals surface area contributed by atoms with Crippen LogP contribution >= 0.6 is 0 Å². The van der Waals surface area contributed by atoms with Crippen molar-refractivity contribution < 1.29 is 13.2 Å². The van der Waals surface area contributed by atoms with Gasteiger partial charge in [-0.3, -0.25) is 4.79 Å². The molecular weight excluding hydrogens is 274 g/mol. The van der Waals surface area contributed by atoms with Crippen LogP contribution in [0.3, 0.4) is 0 Å². The first kappa shape index (κ1) is 13.6. The highest BCUT2D eigenvalue weighted by Gasteiger charge is 2.37. The first-order valence-electron chi connectivity index (χ1n) is 7.13. The van der Waals surface area contributed by atoms with E-state index in [1.165, 1.54) is 0 Å². The molecular formula is C15H19NO3S. The lowest BCUT2D eigenvalue weighted by Crippen LogP contribution is -2.34. The highest BCUT2D eigenvalue weighted by Crippen LogP contribution is 2.34. The minimum absolute atomic E-state index is 0.0744. The third-order valence-corrected chi connectivity index (χ3v) is 6.28. The van der Waals surface area contributed by atoms with Crippen molar-refractivity contribution in [1.82, 2.24) is 4.90 Å². The molecule has 108 valence electrons. The molecule has 1 saturated carbocycles. The Bertz CT molecular complexity index is 593. The van der Waals surface area contributed by atoms with Gasteiger partial charge in [0.2, 0.25) is 5.91 Å². The van der Waals surface area contributed by atoms with E-state index >= 15 is 0 Å². The molecule has 3 rings (SSSR count). The van der Waals surface area contributed by atoms with Crippen molar-refractivity contribution in [2.75, 3.05) is 18.8 Å². The fourth-order valence-electron chi connectivity index (χ4n) is 2.79. The van der Waals surface area contributed by atoms with Crippen LogP contribution in [-0.4, -0.2) is 38.1 Å². The molecule has 4 nitrogen and oxygen atoms in total. The first-order chi connectivity index (χ1) is 9.58. The second-order valence-corrected chi connectivity index (χ2v) is 7.96. The smallest absolute Gasteiger partial charge is 0.225 e. The van der Waals surface area contributed by atoms with E-state index in [4.69, 9.17) is 0 Å². The number of rotatable bonds is 2. The molecule has 0 aromatic heterocycles. The van der Waals surface area contributed by atoms with Gasteiger partial charge in [-0.15, -0.1) is 0 Å². The Balaban J connectivity index is 1.80. The summed E-state index contributed by atoms with van der Waals surface area (Å²) in [5.41, 5.74) is 0.841. The van der Waals surface area contributed by atoms with E-state index < -0.39 is 15.1 Å². The van der Waals surface area contributed by atoms with Crippen molar-refractivity contribution in [2.45, 2.75) is 24.5 Å². The van der Waals surface area contributed by atoms with Crippen LogP contribution in [0.5, 0.6) is 0 Å². The highest BCUT2D eigenvalue weighted by molar-refractivity contribution is 7.91. The number of carbonyl (C=O) groups excluding carboxylic acids is 1. The molecule has 1 aliphatic heterocycles. The summed E-state index contributed by atoms with van der Waals surface area (Å²) < 4.78 is 24.8. The van der Waals surface area contributed by atoms with Gasteiger partial charge in [-0.05, 0) is 24.8 Å². The molecule has 2 aliphatic rings. The van der Waals surface area contributed by atoms with Crippen LogP contribution in [0.1, 0.15) is 30.1 Å². The van der Waals surface area contributed by atoms with Crippen LogP contribution < -0.4 is 0 Å². The minimum atomic E-state index is -3.18. The molecule has 0 bridgehead atoms. The molecule has 1 heterocycles. The van der Waals surface area contributed by atoms with Gasteiger partial charge in [0.15, 0.2) is 9.84 Å². The number of hydrogen-bond donors (Lipinski definition) is 0. The van der Waals surface area contributed by atoms with E-state index in [1.807, 2.05) is 30.3 Å². The van der Waals surface area contributed by atoms with Crippen LogP contribution in [0.25, 0.3) is 0 Å². The second kappa shape index (κ2) is 5.20. The van der Waals surface area contributed by atoms with E-state index in [2.05, 4.69) is 0 Å². The number of hydrogen-bond acceptors (Lipinski definition) is 3. The van der Waals surface area contributed by atoms with Gasteiger partial charge >= 0.3 is 0 Å². The van der Waals surface area contributed by atoms with Gasteiger partial charge in [0.05, 0.1) is 11.0 Å². The maximum atomic E-state index is 12.4. The van der Waals surface area contributed by atoms with Crippen LogP contribution in [0.4, 0.5) is 0 Å². The third kappa shape index (κ3) is 2.73. The fourth-order valence-corrected chi connectivity index (χ4v) is 4.59. The SMILES string of the molecule is O=C(C1CC1)N1CC[C@H](c2ccccc2)S(=O)(=O)CC1. The number of carbonyl (C=O) groups is 1. The standard InChI is InChI=1S/C15H19NO3S/c17-15(13-6-7-13)16-9-8-14(20(18,19)11-10-16)12-4-2-1-3-5-12/h1-5,13-14H,6-11H2/t14-/m1/s1. The average Bonchev–Trinajstić information content (AvgIpc) is 3.26. The van der Waals surface area contributed by atoms with Crippen LogP contribution in [-0.2, 0) is 14.6 Å². The van der Waals surface area contributed by atoms with Gasteiger partial charge in [-0.1, -0.05) is 30.3 Å². The number of benzene rings is 1. The van der Waals surface area contributed by atoms with Crippen molar-refractivity contribution in [1.29, 1.82) is 0 Å². The third-order valence-electron chi connectivity index (χ3n) is 4.15. The van der Waals surface area contributed by atoms with Crippen LogP contribution in [0.2, 0.25) is 0 Å². The highest BCUT2D eigenvalue weighted by atomic mass is 32.2. The summed E-state index contributed by atoms with van der Waals surface area (Å²) >= 11 is 0. The van der Waals surface area contributed by atoms with Gasteiger partial charge in [-0.25, -0.2) is 8.42 Å². The quantitative estimate of drug-likeness (QED) is 0.835. The van der Waals surface area contributed by atoms with Gasteiger partial charge in [-0.2, -0.15) is 0 Å². The van der Waals surface area contributed by atoms with Crippen molar-refractivity contribution in [2.24, 2.45) is 5.92 Å². The molecule has 1 aromatic rings. The summed E-state index contributed by atoms with van der Waals surface area (Å²) in [4.78, 5) is 13.8. The summed E-state index contributed by atoms with van der Waals surface area (Å²) in [5, 5.41) is -0.472. The average molecular weight is 293 g/mol. The van der Waals surface area contributed by atoms with Crippen molar-refractivity contribution in [3.8, 4) is 0 Å². The van der Waals surface area contributed by atoms with Gasteiger partial charge in [0.25, 0.3) is 0 Å². The van der Waals surface area contributed by atoms with Gasteiger partial charge in [0, 0.05) is 19.0 Å². The summed E-state index contributed by atoms with van der Waals surface area (Å²) in [6.07, 6.45) is 2.43.